The molecule has 5 nitrogen and oxygen atoms in total. The Balaban J connectivity index is 1.66. The van der Waals surface area contributed by atoms with Gasteiger partial charge in [0.25, 0.3) is 5.91 Å². The van der Waals surface area contributed by atoms with Gasteiger partial charge in [-0.25, -0.2) is 0 Å². The first-order valence-electron chi connectivity index (χ1n) is 8.65. The molecule has 138 valence electrons. The molecule has 0 saturated heterocycles. The predicted octanol–water partition coefficient (Wildman–Crippen LogP) is 4.36. The Morgan fingerprint density at radius 3 is 2.56 bits per heavy atom. The van der Waals surface area contributed by atoms with E-state index in [9.17, 15) is 15.0 Å². The third kappa shape index (κ3) is 5.01. The lowest BCUT2D eigenvalue weighted by atomic mass is 10.1. The van der Waals surface area contributed by atoms with Crippen molar-refractivity contribution in [1.82, 2.24) is 0 Å². The summed E-state index contributed by atoms with van der Waals surface area (Å²) in [4.78, 5) is 12.3. The van der Waals surface area contributed by atoms with Crippen LogP contribution in [0.3, 0.4) is 0 Å². The summed E-state index contributed by atoms with van der Waals surface area (Å²) < 4.78 is 5.95. The lowest BCUT2D eigenvalue weighted by molar-refractivity contribution is 0.102. The quantitative estimate of drug-likeness (QED) is 0.569. The van der Waals surface area contributed by atoms with Gasteiger partial charge in [-0.1, -0.05) is 36.4 Å². The lowest BCUT2D eigenvalue weighted by Crippen LogP contribution is -2.15. The van der Waals surface area contributed by atoms with Crippen LogP contribution in [0.25, 0.3) is 0 Å². The number of carbonyl (C=O) groups is 1. The molecule has 0 saturated carbocycles. The van der Waals surface area contributed by atoms with Crippen LogP contribution in [-0.4, -0.2) is 22.2 Å². The summed E-state index contributed by atoms with van der Waals surface area (Å²) in [5, 5.41) is 22.0. The highest BCUT2D eigenvalue weighted by atomic mass is 16.5. The van der Waals surface area contributed by atoms with Gasteiger partial charge in [0, 0.05) is 18.2 Å². The zero-order valence-corrected chi connectivity index (χ0v) is 14.9. The first-order valence-corrected chi connectivity index (χ1v) is 8.65. The van der Waals surface area contributed by atoms with Crippen LogP contribution in [0.1, 0.15) is 22.8 Å². The molecule has 0 heterocycles. The molecule has 3 aromatic carbocycles. The van der Waals surface area contributed by atoms with E-state index in [0.29, 0.717) is 11.4 Å². The van der Waals surface area contributed by atoms with E-state index in [1.807, 2.05) is 31.2 Å². The van der Waals surface area contributed by atoms with Crippen molar-refractivity contribution in [1.29, 1.82) is 0 Å². The number of amides is 1. The number of rotatable bonds is 6. The summed E-state index contributed by atoms with van der Waals surface area (Å²) in [6.07, 6.45) is 0.739. The van der Waals surface area contributed by atoms with Crippen LogP contribution >= 0.6 is 0 Å². The minimum atomic E-state index is -0.516. The normalized spacial score (nSPS) is 11.6. The molecular formula is C22H21NO4. The van der Waals surface area contributed by atoms with Crippen LogP contribution in [0.4, 0.5) is 5.69 Å². The highest BCUT2D eigenvalue weighted by Gasteiger charge is 2.13. The molecule has 0 radical (unpaired) electrons. The van der Waals surface area contributed by atoms with Crippen LogP contribution < -0.4 is 10.1 Å². The molecule has 1 atom stereocenters. The Hall–Kier alpha value is -3.47. The molecule has 3 N–H and O–H groups in total. The minimum absolute atomic E-state index is 0.00114. The number of hydrogen-bond acceptors (Lipinski definition) is 4. The van der Waals surface area contributed by atoms with Gasteiger partial charge in [-0.3, -0.25) is 4.79 Å². The third-order valence-corrected chi connectivity index (χ3v) is 4.02. The summed E-state index contributed by atoms with van der Waals surface area (Å²) >= 11 is 0. The fraction of sp³-hybridized carbons (Fsp3) is 0.136. The van der Waals surface area contributed by atoms with Crippen molar-refractivity contribution in [2.45, 2.75) is 19.4 Å². The Morgan fingerprint density at radius 2 is 1.78 bits per heavy atom. The van der Waals surface area contributed by atoms with Crippen molar-refractivity contribution in [3.05, 3.63) is 83.9 Å². The van der Waals surface area contributed by atoms with E-state index in [0.717, 1.165) is 6.42 Å². The van der Waals surface area contributed by atoms with Gasteiger partial charge in [-0.2, -0.15) is 0 Å². The number of anilines is 1. The van der Waals surface area contributed by atoms with Gasteiger partial charge < -0.3 is 20.3 Å². The van der Waals surface area contributed by atoms with E-state index in [4.69, 9.17) is 4.74 Å². The van der Waals surface area contributed by atoms with E-state index < -0.39 is 5.91 Å². The number of nitrogens with one attached hydrogen (secondary N) is 1. The van der Waals surface area contributed by atoms with Crippen LogP contribution in [0.15, 0.2) is 72.8 Å². The van der Waals surface area contributed by atoms with Gasteiger partial charge in [-0.15, -0.1) is 0 Å². The SMILES string of the molecule is CC(Cc1ccccc1)Oc1cccc(NC(=O)c2cc(O)ccc2O)c1. The van der Waals surface area contributed by atoms with Gasteiger partial charge in [0.05, 0.1) is 11.7 Å². The number of phenols is 2. The summed E-state index contributed by atoms with van der Waals surface area (Å²) in [6.45, 7) is 1.99. The number of ether oxygens (including phenoxy) is 1. The van der Waals surface area contributed by atoms with Gasteiger partial charge in [0.1, 0.15) is 17.2 Å². The predicted molar refractivity (Wildman–Crippen MR) is 104 cm³/mol. The molecule has 5 heteroatoms. The number of phenolic OH excluding ortho intramolecular Hbond substituents is 2. The average Bonchev–Trinajstić information content (AvgIpc) is 2.64. The molecule has 0 aliphatic heterocycles. The molecule has 0 aliphatic carbocycles. The van der Waals surface area contributed by atoms with Crippen LogP contribution in [0.5, 0.6) is 17.2 Å². The first kappa shape index (κ1) is 18.3. The van der Waals surface area contributed by atoms with Crippen molar-refractivity contribution in [2.75, 3.05) is 5.32 Å². The van der Waals surface area contributed by atoms with Crippen molar-refractivity contribution >= 4 is 11.6 Å². The fourth-order valence-electron chi connectivity index (χ4n) is 2.77. The summed E-state index contributed by atoms with van der Waals surface area (Å²) in [5.41, 5.74) is 1.72. The highest BCUT2D eigenvalue weighted by molar-refractivity contribution is 6.06. The Kier molecular flexibility index (Phi) is 5.61. The standard InChI is InChI=1S/C22H21NO4/c1-15(12-16-6-3-2-4-7-16)27-19-9-5-8-17(13-19)23-22(26)20-14-18(24)10-11-21(20)25/h2-11,13-15,24-25H,12H2,1H3,(H,23,26). The lowest BCUT2D eigenvalue weighted by Gasteiger charge is -2.16. The summed E-state index contributed by atoms with van der Waals surface area (Å²) in [6, 6.07) is 20.9. The molecule has 3 aromatic rings. The number of benzene rings is 3. The average molecular weight is 363 g/mol. The highest BCUT2D eigenvalue weighted by Crippen LogP contribution is 2.25. The van der Waals surface area contributed by atoms with E-state index >= 15 is 0 Å². The molecule has 3 rings (SSSR count). The van der Waals surface area contributed by atoms with Gasteiger partial charge >= 0.3 is 0 Å². The van der Waals surface area contributed by atoms with Crippen molar-refractivity contribution < 1.29 is 19.7 Å². The molecule has 0 aromatic heterocycles. The van der Waals surface area contributed by atoms with Gasteiger partial charge in [-0.05, 0) is 42.8 Å². The number of carbonyl (C=O) groups excluding carboxylic acids is 1. The molecule has 0 aliphatic rings. The second kappa shape index (κ2) is 8.27. The molecule has 1 unspecified atom stereocenters. The second-order valence-electron chi connectivity index (χ2n) is 6.30. The topological polar surface area (TPSA) is 78.8 Å². The Morgan fingerprint density at radius 1 is 1.00 bits per heavy atom. The van der Waals surface area contributed by atoms with Gasteiger partial charge in [0.2, 0.25) is 0 Å². The summed E-state index contributed by atoms with van der Waals surface area (Å²) in [5.74, 6) is -0.173. The number of aromatic hydroxyl groups is 2. The monoisotopic (exact) mass is 363 g/mol. The van der Waals surface area contributed by atoms with Crippen LogP contribution in [0.2, 0.25) is 0 Å². The molecule has 1 amide bonds. The van der Waals surface area contributed by atoms with Crippen molar-refractivity contribution in [3.63, 3.8) is 0 Å². The number of hydrogen-bond donors (Lipinski definition) is 3. The minimum Gasteiger partial charge on any atom is -0.508 e. The van der Waals surface area contributed by atoms with Crippen molar-refractivity contribution in [2.24, 2.45) is 0 Å². The van der Waals surface area contributed by atoms with E-state index in [-0.39, 0.29) is 23.2 Å². The third-order valence-electron chi connectivity index (χ3n) is 4.02. The summed E-state index contributed by atoms with van der Waals surface area (Å²) in [7, 11) is 0. The Labute approximate surface area is 157 Å². The van der Waals surface area contributed by atoms with E-state index in [2.05, 4.69) is 17.4 Å². The molecular weight excluding hydrogens is 342 g/mol. The fourth-order valence-corrected chi connectivity index (χ4v) is 2.77. The molecule has 0 spiro atoms. The maximum Gasteiger partial charge on any atom is 0.259 e. The smallest absolute Gasteiger partial charge is 0.259 e. The van der Waals surface area contributed by atoms with Crippen molar-refractivity contribution in [3.8, 4) is 17.2 Å². The zero-order valence-electron chi connectivity index (χ0n) is 14.9. The zero-order chi connectivity index (χ0) is 19.2. The second-order valence-corrected chi connectivity index (χ2v) is 6.30. The molecule has 27 heavy (non-hydrogen) atoms. The van der Waals surface area contributed by atoms with Crippen LogP contribution in [-0.2, 0) is 6.42 Å². The largest absolute Gasteiger partial charge is 0.508 e. The van der Waals surface area contributed by atoms with E-state index in [1.54, 1.807) is 18.2 Å². The first-order chi connectivity index (χ1) is 13.0. The maximum absolute atomic E-state index is 12.3. The van der Waals surface area contributed by atoms with E-state index in [1.165, 1.54) is 23.8 Å². The maximum atomic E-state index is 12.3. The van der Waals surface area contributed by atoms with Crippen LogP contribution in [0, 0.1) is 0 Å². The van der Waals surface area contributed by atoms with Gasteiger partial charge in [0.15, 0.2) is 0 Å². The Bertz CT molecular complexity index is 925. The molecule has 0 fully saturated rings. The molecule has 0 bridgehead atoms.